The van der Waals surface area contributed by atoms with Crippen molar-refractivity contribution in [3.05, 3.63) is 36.0 Å². The minimum atomic E-state index is 0.730. The van der Waals surface area contributed by atoms with Crippen LogP contribution in [0.5, 0.6) is 5.75 Å². The zero-order valence-electron chi connectivity index (χ0n) is 10.9. The number of nitrogens with zero attached hydrogens (tertiary/aromatic N) is 2. The number of ether oxygens (including phenoxy) is 1. The fourth-order valence-electron chi connectivity index (χ4n) is 1.78. The van der Waals surface area contributed by atoms with Gasteiger partial charge in [-0.25, -0.2) is 9.97 Å². The normalized spacial score (nSPS) is 10.2. The van der Waals surface area contributed by atoms with Crippen molar-refractivity contribution >= 4 is 5.82 Å². The first-order valence-corrected chi connectivity index (χ1v) is 5.96. The fourth-order valence-corrected chi connectivity index (χ4v) is 1.78. The Bertz CT molecular complexity index is 540. The van der Waals surface area contributed by atoms with E-state index in [0.717, 1.165) is 35.1 Å². The molecule has 0 fully saturated rings. The van der Waals surface area contributed by atoms with E-state index in [1.165, 1.54) is 0 Å². The van der Waals surface area contributed by atoms with Crippen molar-refractivity contribution in [3.63, 3.8) is 0 Å². The molecule has 4 heteroatoms. The molecular formula is C14H17N3O. The Kier molecular flexibility index (Phi) is 3.77. The summed E-state index contributed by atoms with van der Waals surface area (Å²) >= 11 is 0. The maximum atomic E-state index is 5.20. The van der Waals surface area contributed by atoms with Gasteiger partial charge in [-0.15, -0.1) is 0 Å². The number of nitrogens with one attached hydrogen (secondary N) is 1. The molecule has 0 amide bonds. The number of methoxy groups -OCH3 is 1. The Labute approximate surface area is 107 Å². The van der Waals surface area contributed by atoms with Crippen LogP contribution >= 0.6 is 0 Å². The van der Waals surface area contributed by atoms with Gasteiger partial charge in [0.1, 0.15) is 11.6 Å². The van der Waals surface area contributed by atoms with Crippen molar-refractivity contribution < 1.29 is 4.74 Å². The van der Waals surface area contributed by atoms with Crippen LogP contribution < -0.4 is 10.1 Å². The molecule has 0 radical (unpaired) electrons. The predicted octanol–water partition coefficient (Wildman–Crippen LogP) is 2.89. The van der Waals surface area contributed by atoms with Crippen molar-refractivity contribution in [2.45, 2.75) is 13.8 Å². The van der Waals surface area contributed by atoms with Crippen LogP contribution in [0.2, 0.25) is 0 Å². The van der Waals surface area contributed by atoms with Crippen LogP contribution in [0.25, 0.3) is 11.4 Å². The molecule has 0 saturated carbocycles. The third kappa shape index (κ3) is 2.59. The lowest BCUT2D eigenvalue weighted by Crippen LogP contribution is -2.01. The number of benzene rings is 1. The lowest BCUT2D eigenvalue weighted by Gasteiger charge is -2.08. The van der Waals surface area contributed by atoms with E-state index in [0.29, 0.717) is 0 Å². The van der Waals surface area contributed by atoms with E-state index in [-0.39, 0.29) is 0 Å². The standard InChI is InChI=1S/C14H17N3O/c1-4-15-13-7-8-16-14(17-13)12-6-5-11(18-3)9-10(12)2/h5-9H,4H2,1-3H3,(H,15,16,17). The highest BCUT2D eigenvalue weighted by Gasteiger charge is 2.06. The fraction of sp³-hybridized carbons (Fsp3) is 0.286. The van der Waals surface area contributed by atoms with Crippen molar-refractivity contribution in [1.82, 2.24) is 9.97 Å². The smallest absolute Gasteiger partial charge is 0.161 e. The molecule has 0 unspecified atom stereocenters. The molecule has 0 aliphatic heterocycles. The Balaban J connectivity index is 2.38. The highest BCUT2D eigenvalue weighted by molar-refractivity contribution is 5.62. The van der Waals surface area contributed by atoms with Crippen LogP contribution in [0.15, 0.2) is 30.5 Å². The molecule has 1 aromatic heterocycles. The van der Waals surface area contributed by atoms with E-state index in [1.807, 2.05) is 38.1 Å². The molecule has 94 valence electrons. The average Bonchev–Trinajstić information content (AvgIpc) is 2.39. The van der Waals surface area contributed by atoms with Crippen LogP contribution in [0.1, 0.15) is 12.5 Å². The van der Waals surface area contributed by atoms with Gasteiger partial charge >= 0.3 is 0 Å². The van der Waals surface area contributed by atoms with Crippen LogP contribution in [0.4, 0.5) is 5.82 Å². The molecule has 2 aromatic rings. The van der Waals surface area contributed by atoms with Crippen molar-refractivity contribution in [1.29, 1.82) is 0 Å². The van der Waals surface area contributed by atoms with Crippen molar-refractivity contribution in [2.24, 2.45) is 0 Å². The van der Waals surface area contributed by atoms with Gasteiger partial charge in [-0.3, -0.25) is 0 Å². The summed E-state index contributed by atoms with van der Waals surface area (Å²) in [6, 6.07) is 7.76. The quantitative estimate of drug-likeness (QED) is 0.897. The molecule has 2 rings (SSSR count). The van der Waals surface area contributed by atoms with E-state index in [2.05, 4.69) is 15.3 Å². The van der Waals surface area contributed by atoms with Crippen molar-refractivity contribution in [2.75, 3.05) is 19.0 Å². The molecule has 0 spiro atoms. The van der Waals surface area contributed by atoms with Crippen LogP contribution in [0, 0.1) is 6.92 Å². The molecule has 1 aromatic carbocycles. The first-order chi connectivity index (χ1) is 8.74. The van der Waals surface area contributed by atoms with E-state index >= 15 is 0 Å². The van der Waals surface area contributed by atoms with Gasteiger partial charge in [0.15, 0.2) is 5.82 Å². The summed E-state index contributed by atoms with van der Waals surface area (Å²) in [4.78, 5) is 8.80. The molecule has 18 heavy (non-hydrogen) atoms. The Hall–Kier alpha value is -2.10. The SMILES string of the molecule is CCNc1ccnc(-c2ccc(OC)cc2C)n1. The summed E-state index contributed by atoms with van der Waals surface area (Å²) in [6.07, 6.45) is 1.77. The van der Waals surface area contributed by atoms with E-state index in [1.54, 1.807) is 13.3 Å². The molecule has 0 bridgehead atoms. The lowest BCUT2D eigenvalue weighted by atomic mass is 10.1. The summed E-state index contributed by atoms with van der Waals surface area (Å²) in [5.41, 5.74) is 2.12. The third-order valence-electron chi connectivity index (χ3n) is 2.69. The number of rotatable bonds is 4. The summed E-state index contributed by atoms with van der Waals surface area (Å²) in [5.74, 6) is 2.42. The molecule has 1 N–H and O–H groups in total. The monoisotopic (exact) mass is 243 g/mol. The topological polar surface area (TPSA) is 47.0 Å². The number of hydrogen-bond acceptors (Lipinski definition) is 4. The van der Waals surface area contributed by atoms with Gasteiger partial charge in [-0.2, -0.15) is 0 Å². The molecule has 0 aliphatic carbocycles. The van der Waals surface area contributed by atoms with E-state index in [9.17, 15) is 0 Å². The molecule has 0 aliphatic rings. The van der Waals surface area contributed by atoms with E-state index < -0.39 is 0 Å². The zero-order valence-corrected chi connectivity index (χ0v) is 10.9. The Morgan fingerprint density at radius 3 is 2.78 bits per heavy atom. The number of hydrogen-bond donors (Lipinski definition) is 1. The third-order valence-corrected chi connectivity index (χ3v) is 2.69. The van der Waals surface area contributed by atoms with Crippen molar-refractivity contribution in [3.8, 4) is 17.1 Å². The van der Waals surface area contributed by atoms with E-state index in [4.69, 9.17) is 4.74 Å². The van der Waals surface area contributed by atoms with Gasteiger partial charge in [0.2, 0.25) is 0 Å². The second-order valence-electron chi connectivity index (χ2n) is 3.98. The summed E-state index contributed by atoms with van der Waals surface area (Å²) < 4.78 is 5.20. The minimum Gasteiger partial charge on any atom is -0.497 e. The van der Waals surface area contributed by atoms with Gasteiger partial charge in [-0.1, -0.05) is 0 Å². The van der Waals surface area contributed by atoms with Crippen LogP contribution in [0.3, 0.4) is 0 Å². The number of aromatic nitrogens is 2. The van der Waals surface area contributed by atoms with Crippen LogP contribution in [-0.2, 0) is 0 Å². The molecule has 0 atom stereocenters. The first kappa shape index (κ1) is 12.4. The minimum absolute atomic E-state index is 0.730. The average molecular weight is 243 g/mol. The Morgan fingerprint density at radius 2 is 2.11 bits per heavy atom. The molecule has 0 saturated heterocycles. The van der Waals surface area contributed by atoms with Gasteiger partial charge in [-0.05, 0) is 43.7 Å². The summed E-state index contributed by atoms with van der Waals surface area (Å²) in [5, 5.41) is 3.18. The summed E-state index contributed by atoms with van der Waals surface area (Å²) in [7, 11) is 1.66. The highest BCUT2D eigenvalue weighted by atomic mass is 16.5. The van der Waals surface area contributed by atoms with Gasteiger partial charge in [0.25, 0.3) is 0 Å². The number of anilines is 1. The largest absolute Gasteiger partial charge is 0.497 e. The maximum absolute atomic E-state index is 5.20. The highest BCUT2D eigenvalue weighted by Crippen LogP contribution is 2.24. The maximum Gasteiger partial charge on any atom is 0.161 e. The second kappa shape index (κ2) is 5.49. The molecular weight excluding hydrogens is 226 g/mol. The van der Waals surface area contributed by atoms with Gasteiger partial charge < -0.3 is 10.1 Å². The lowest BCUT2D eigenvalue weighted by molar-refractivity contribution is 0.414. The Morgan fingerprint density at radius 1 is 1.28 bits per heavy atom. The van der Waals surface area contributed by atoms with Gasteiger partial charge in [0, 0.05) is 18.3 Å². The molecule has 1 heterocycles. The summed E-state index contributed by atoms with van der Waals surface area (Å²) in [6.45, 7) is 4.92. The zero-order chi connectivity index (χ0) is 13.0. The number of aryl methyl sites for hydroxylation is 1. The van der Waals surface area contributed by atoms with Gasteiger partial charge in [0.05, 0.1) is 7.11 Å². The predicted molar refractivity (Wildman–Crippen MR) is 72.9 cm³/mol. The van der Waals surface area contributed by atoms with Crippen LogP contribution in [-0.4, -0.2) is 23.6 Å². The second-order valence-corrected chi connectivity index (χ2v) is 3.98. The first-order valence-electron chi connectivity index (χ1n) is 5.96. The molecule has 4 nitrogen and oxygen atoms in total.